The number of benzene rings is 2. The van der Waals surface area contributed by atoms with Crippen molar-refractivity contribution < 1.29 is 27.1 Å². The first-order chi connectivity index (χ1) is 14.1. The molecule has 162 valence electrons. The summed E-state index contributed by atoms with van der Waals surface area (Å²) >= 11 is 0. The van der Waals surface area contributed by atoms with E-state index >= 15 is 0 Å². The number of amides is 1. The lowest BCUT2D eigenvalue weighted by atomic mass is 9.99. The van der Waals surface area contributed by atoms with Crippen molar-refractivity contribution in [3.05, 3.63) is 70.8 Å². The number of carbonyl (C=O) groups excluding carboxylic acids is 1. The maximum Gasteiger partial charge on any atom is 0.217 e. The second-order valence-electron chi connectivity index (χ2n) is 7.57. The van der Waals surface area contributed by atoms with E-state index in [9.17, 15) is 27.1 Å². The first kappa shape index (κ1) is 22.3. The smallest absolute Gasteiger partial charge is 0.217 e. The number of carbonyl (C=O) groups is 1. The Bertz CT molecular complexity index is 1010. The summed E-state index contributed by atoms with van der Waals surface area (Å²) in [5.41, 5.74) is 1.85. The Hall–Kier alpha value is -2.36. The molecule has 0 saturated carbocycles. The van der Waals surface area contributed by atoms with Gasteiger partial charge in [0.25, 0.3) is 0 Å². The summed E-state index contributed by atoms with van der Waals surface area (Å²) in [5, 5.41) is 16.3. The van der Waals surface area contributed by atoms with Crippen LogP contribution in [0, 0.1) is 11.6 Å². The van der Waals surface area contributed by atoms with Crippen molar-refractivity contribution in [2.75, 3.05) is 12.3 Å². The van der Waals surface area contributed by atoms with Crippen LogP contribution in [0.25, 0.3) is 0 Å². The number of rotatable bonds is 7. The standard InChI is InChI=1S/C21H24F2N2O4S/c1-13(26)25-19(8-14-6-16(22)9-17(23)7-14)21(27)10-24-20-12-30(28,29)11-15-4-2-3-5-18(15)20/h2-7,9,19-21,24,27H,8,10-12H2,1H3,(H,25,26). The topological polar surface area (TPSA) is 95.5 Å². The number of aliphatic hydroxyl groups excluding tert-OH is 1. The van der Waals surface area contributed by atoms with Gasteiger partial charge in [0.15, 0.2) is 9.84 Å². The quantitative estimate of drug-likeness (QED) is 0.611. The van der Waals surface area contributed by atoms with Gasteiger partial charge in [-0.2, -0.15) is 0 Å². The zero-order chi connectivity index (χ0) is 21.9. The van der Waals surface area contributed by atoms with Gasteiger partial charge < -0.3 is 15.7 Å². The van der Waals surface area contributed by atoms with Crippen molar-refractivity contribution in [3.8, 4) is 0 Å². The Morgan fingerprint density at radius 3 is 2.53 bits per heavy atom. The average molecular weight is 438 g/mol. The van der Waals surface area contributed by atoms with Crippen LogP contribution in [0.2, 0.25) is 0 Å². The molecule has 3 rings (SSSR count). The summed E-state index contributed by atoms with van der Waals surface area (Å²) in [4.78, 5) is 11.6. The SMILES string of the molecule is CC(=O)NC(Cc1cc(F)cc(F)c1)C(O)CNC1CS(=O)(=O)Cc2ccccc21. The normalized spacial score (nSPS) is 19.5. The molecule has 1 amide bonds. The Morgan fingerprint density at radius 2 is 1.87 bits per heavy atom. The van der Waals surface area contributed by atoms with E-state index in [0.717, 1.165) is 23.8 Å². The second kappa shape index (κ2) is 9.20. The molecular weight excluding hydrogens is 414 g/mol. The average Bonchev–Trinajstić information content (AvgIpc) is 2.63. The fourth-order valence-electron chi connectivity index (χ4n) is 3.75. The molecule has 0 radical (unpaired) electrons. The Morgan fingerprint density at radius 1 is 1.20 bits per heavy atom. The van der Waals surface area contributed by atoms with E-state index in [1.54, 1.807) is 12.1 Å². The summed E-state index contributed by atoms with van der Waals surface area (Å²) in [6.07, 6.45) is -1.10. The second-order valence-corrected chi connectivity index (χ2v) is 9.68. The minimum Gasteiger partial charge on any atom is -0.390 e. The summed E-state index contributed by atoms with van der Waals surface area (Å²) in [6, 6.07) is 8.91. The van der Waals surface area contributed by atoms with Crippen LogP contribution in [0.5, 0.6) is 0 Å². The molecule has 0 fully saturated rings. The van der Waals surface area contributed by atoms with Crippen molar-refractivity contribution in [3.63, 3.8) is 0 Å². The lowest BCUT2D eigenvalue weighted by Gasteiger charge is -2.29. The molecule has 3 atom stereocenters. The molecule has 1 aliphatic heterocycles. The molecule has 3 N–H and O–H groups in total. The molecule has 2 aromatic rings. The molecule has 0 aromatic heterocycles. The highest BCUT2D eigenvalue weighted by molar-refractivity contribution is 7.90. The van der Waals surface area contributed by atoms with Crippen LogP contribution in [-0.4, -0.2) is 43.9 Å². The first-order valence-corrected chi connectivity index (χ1v) is 11.4. The molecule has 3 unspecified atom stereocenters. The van der Waals surface area contributed by atoms with Gasteiger partial charge in [-0.05, 0) is 35.2 Å². The van der Waals surface area contributed by atoms with Gasteiger partial charge in [0.2, 0.25) is 5.91 Å². The van der Waals surface area contributed by atoms with Gasteiger partial charge in [-0.25, -0.2) is 17.2 Å². The fraction of sp³-hybridized carbons (Fsp3) is 0.381. The Kier molecular flexibility index (Phi) is 6.84. The molecule has 9 heteroatoms. The van der Waals surface area contributed by atoms with Crippen molar-refractivity contribution >= 4 is 15.7 Å². The van der Waals surface area contributed by atoms with E-state index in [-0.39, 0.29) is 30.0 Å². The van der Waals surface area contributed by atoms with Gasteiger partial charge in [-0.1, -0.05) is 24.3 Å². The van der Waals surface area contributed by atoms with Crippen LogP contribution >= 0.6 is 0 Å². The van der Waals surface area contributed by atoms with Gasteiger partial charge >= 0.3 is 0 Å². The molecule has 1 heterocycles. The van der Waals surface area contributed by atoms with Crippen molar-refractivity contribution in [2.45, 2.75) is 37.3 Å². The van der Waals surface area contributed by atoms with Crippen molar-refractivity contribution in [1.82, 2.24) is 10.6 Å². The number of fused-ring (bicyclic) bond motifs is 1. The van der Waals surface area contributed by atoms with Crippen LogP contribution < -0.4 is 10.6 Å². The Balaban J connectivity index is 1.73. The molecule has 0 bridgehead atoms. The third-order valence-electron chi connectivity index (χ3n) is 5.03. The van der Waals surface area contributed by atoms with Gasteiger partial charge in [0, 0.05) is 25.6 Å². The monoisotopic (exact) mass is 438 g/mol. The molecule has 0 spiro atoms. The Labute approximate surface area is 174 Å². The highest BCUT2D eigenvalue weighted by atomic mass is 32.2. The molecule has 0 aliphatic carbocycles. The summed E-state index contributed by atoms with van der Waals surface area (Å²) in [7, 11) is -3.29. The van der Waals surface area contributed by atoms with E-state index in [0.29, 0.717) is 5.56 Å². The highest BCUT2D eigenvalue weighted by Crippen LogP contribution is 2.28. The number of sulfone groups is 1. The highest BCUT2D eigenvalue weighted by Gasteiger charge is 2.30. The number of halogens is 2. The number of nitrogens with one attached hydrogen (secondary N) is 2. The fourth-order valence-corrected chi connectivity index (χ4v) is 5.41. The number of hydrogen-bond acceptors (Lipinski definition) is 5. The predicted octanol–water partition coefficient (Wildman–Crippen LogP) is 1.63. The van der Waals surface area contributed by atoms with Crippen molar-refractivity contribution in [2.24, 2.45) is 0 Å². The molecule has 6 nitrogen and oxygen atoms in total. The molecule has 1 aliphatic rings. The maximum atomic E-state index is 13.5. The lowest BCUT2D eigenvalue weighted by Crippen LogP contribution is -2.49. The third kappa shape index (κ3) is 5.84. The summed E-state index contributed by atoms with van der Waals surface area (Å²) in [5.74, 6) is -2.02. The maximum absolute atomic E-state index is 13.5. The minimum absolute atomic E-state index is 0.0106. The molecule has 30 heavy (non-hydrogen) atoms. The summed E-state index contributed by atoms with van der Waals surface area (Å²) in [6.45, 7) is 1.26. The van der Waals surface area contributed by atoms with Gasteiger partial charge in [0.05, 0.1) is 23.7 Å². The van der Waals surface area contributed by atoms with Gasteiger partial charge in [0.1, 0.15) is 11.6 Å². The zero-order valence-electron chi connectivity index (χ0n) is 16.4. The van der Waals surface area contributed by atoms with Crippen LogP contribution in [-0.2, 0) is 26.8 Å². The van der Waals surface area contributed by atoms with Gasteiger partial charge in [-0.3, -0.25) is 4.79 Å². The van der Waals surface area contributed by atoms with Crippen molar-refractivity contribution in [1.29, 1.82) is 0 Å². The summed E-state index contributed by atoms with van der Waals surface area (Å²) < 4.78 is 51.4. The van der Waals surface area contributed by atoms with Crippen LogP contribution in [0.15, 0.2) is 42.5 Å². The predicted molar refractivity (Wildman–Crippen MR) is 108 cm³/mol. The van der Waals surface area contributed by atoms with Crippen LogP contribution in [0.1, 0.15) is 29.7 Å². The number of aliphatic hydroxyl groups is 1. The van der Waals surface area contributed by atoms with E-state index in [2.05, 4.69) is 10.6 Å². The van der Waals surface area contributed by atoms with Crippen LogP contribution in [0.3, 0.4) is 0 Å². The van der Waals surface area contributed by atoms with Crippen LogP contribution in [0.4, 0.5) is 8.78 Å². The molecule has 2 aromatic carbocycles. The van der Waals surface area contributed by atoms with E-state index < -0.39 is 45.6 Å². The number of hydrogen-bond donors (Lipinski definition) is 3. The van der Waals surface area contributed by atoms with Gasteiger partial charge in [-0.15, -0.1) is 0 Å². The lowest BCUT2D eigenvalue weighted by molar-refractivity contribution is -0.120. The van der Waals surface area contributed by atoms with E-state index in [4.69, 9.17) is 0 Å². The van der Waals surface area contributed by atoms with E-state index in [1.165, 1.54) is 6.92 Å². The van der Waals surface area contributed by atoms with E-state index in [1.807, 2.05) is 12.1 Å². The largest absolute Gasteiger partial charge is 0.390 e. The molecular formula is C21H24F2N2O4S. The third-order valence-corrected chi connectivity index (χ3v) is 6.62. The molecule has 0 saturated heterocycles. The minimum atomic E-state index is -3.29. The zero-order valence-corrected chi connectivity index (χ0v) is 17.3. The first-order valence-electron chi connectivity index (χ1n) is 9.55.